The van der Waals surface area contributed by atoms with Gasteiger partial charge in [0.1, 0.15) is 12.4 Å². The molecule has 0 spiro atoms. The minimum Gasteiger partial charge on any atom is -0.487 e. The lowest BCUT2D eigenvalue weighted by Crippen LogP contribution is -2.38. The minimum absolute atomic E-state index is 0.0107. The molecule has 1 atom stereocenters. The van der Waals surface area contributed by atoms with E-state index in [-0.39, 0.29) is 11.2 Å². The van der Waals surface area contributed by atoms with Crippen LogP contribution in [0.1, 0.15) is 34.7 Å². The molecule has 40 heavy (non-hydrogen) atoms. The standard InChI is InChI=1S/C30H21Br2N3O4S/c1-2-12-39-28-23(31)13-17(14-24(28)32)15-25-29(36)34-27(19-7-5-8-20(16-19)35(37)38)22-11-10-18-6-3-4-9-21(18)26(22)33-30(34)40-25/h2-9,13-16,27H,1,10-12H2/b25-15-. The molecule has 6 rings (SSSR count). The Hall–Kier alpha value is -3.60. The molecule has 0 saturated carbocycles. The minimum atomic E-state index is -0.491. The third-order valence-corrected chi connectivity index (χ3v) is 9.09. The van der Waals surface area contributed by atoms with Gasteiger partial charge in [0.2, 0.25) is 0 Å². The van der Waals surface area contributed by atoms with Crippen molar-refractivity contribution in [3.8, 4) is 5.75 Å². The summed E-state index contributed by atoms with van der Waals surface area (Å²) in [5, 5.41) is 11.6. The van der Waals surface area contributed by atoms with Crippen molar-refractivity contribution in [2.24, 2.45) is 4.99 Å². The zero-order valence-corrected chi connectivity index (χ0v) is 25.0. The van der Waals surface area contributed by atoms with Crippen molar-refractivity contribution in [3.63, 3.8) is 0 Å². The van der Waals surface area contributed by atoms with Crippen LogP contribution in [0.4, 0.5) is 5.69 Å². The molecule has 0 N–H and O–H groups in total. The van der Waals surface area contributed by atoms with Gasteiger partial charge in [0, 0.05) is 17.7 Å². The molecule has 10 heteroatoms. The molecule has 0 fully saturated rings. The van der Waals surface area contributed by atoms with Gasteiger partial charge >= 0.3 is 0 Å². The Morgan fingerprint density at radius 3 is 2.65 bits per heavy atom. The van der Waals surface area contributed by atoms with Gasteiger partial charge in [0.15, 0.2) is 4.80 Å². The number of allylic oxidation sites excluding steroid dienone is 1. The fourth-order valence-corrected chi connectivity index (χ4v) is 7.68. The Kier molecular flexibility index (Phi) is 7.16. The van der Waals surface area contributed by atoms with E-state index < -0.39 is 11.0 Å². The number of benzene rings is 3. The number of thiazole rings is 1. The normalized spacial score (nSPS) is 16.1. The van der Waals surface area contributed by atoms with Gasteiger partial charge in [-0.05, 0) is 85.2 Å². The highest BCUT2D eigenvalue weighted by Crippen LogP contribution is 2.41. The number of rotatable bonds is 6. The second-order valence-electron chi connectivity index (χ2n) is 9.38. The summed E-state index contributed by atoms with van der Waals surface area (Å²) in [6.45, 7) is 4.05. The summed E-state index contributed by atoms with van der Waals surface area (Å²) >= 11 is 8.44. The third-order valence-electron chi connectivity index (χ3n) is 6.93. The summed E-state index contributed by atoms with van der Waals surface area (Å²) < 4.78 is 9.41. The van der Waals surface area contributed by atoms with E-state index in [0.717, 1.165) is 37.8 Å². The lowest BCUT2D eigenvalue weighted by Gasteiger charge is -2.30. The molecule has 3 aromatic carbocycles. The zero-order valence-electron chi connectivity index (χ0n) is 21.0. The molecule has 1 aliphatic heterocycles. The first-order valence-electron chi connectivity index (χ1n) is 12.5. The molecule has 2 aliphatic rings. The highest BCUT2D eigenvalue weighted by Gasteiger charge is 2.33. The highest BCUT2D eigenvalue weighted by atomic mass is 79.9. The average Bonchev–Trinajstić information content (AvgIpc) is 3.25. The number of hydrogen-bond acceptors (Lipinski definition) is 6. The van der Waals surface area contributed by atoms with Crippen LogP contribution in [-0.4, -0.2) is 16.1 Å². The van der Waals surface area contributed by atoms with Crippen molar-refractivity contribution in [2.75, 3.05) is 6.61 Å². The second-order valence-corrected chi connectivity index (χ2v) is 12.1. The van der Waals surface area contributed by atoms with Gasteiger partial charge in [-0.1, -0.05) is 60.4 Å². The predicted octanol–water partition coefficient (Wildman–Crippen LogP) is 6.32. The summed E-state index contributed by atoms with van der Waals surface area (Å²) in [5.41, 5.74) is 5.38. The molecule has 0 radical (unpaired) electrons. The predicted molar refractivity (Wildman–Crippen MR) is 163 cm³/mol. The molecule has 200 valence electrons. The number of fused-ring (bicyclic) bond motifs is 3. The molecule has 1 unspecified atom stereocenters. The summed E-state index contributed by atoms with van der Waals surface area (Å²) in [4.78, 5) is 30.8. The van der Waals surface area contributed by atoms with Crippen LogP contribution in [0, 0.1) is 10.1 Å². The maximum Gasteiger partial charge on any atom is 0.271 e. The van der Waals surface area contributed by atoms with Crippen molar-refractivity contribution in [1.82, 2.24) is 4.57 Å². The Bertz CT molecular complexity index is 1900. The molecule has 1 aromatic heterocycles. The Balaban J connectivity index is 1.56. The van der Waals surface area contributed by atoms with Gasteiger partial charge in [-0.3, -0.25) is 19.5 Å². The quantitative estimate of drug-likeness (QED) is 0.136. The van der Waals surface area contributed by atoms with Gasteiger partial charge in [-0.2, -0.15) is 0 Å². The molecule has 0 saturated heterocycles. The van der Waals surface area contributed by atoms with E-state index >= 15 is 0 Å². The fourth-order valence-electron chi connectivity index (χ4n) is 5.23. The number of nitrogens with zero attached hydrogens (tertiary/aromatic N) is 3. The smallest absolute Gasteiger partial charge is 0.271 e. The lowest BCUT2D eigenvalue weighted by molar-refractivity contribution is -0.384. The summed E-state index contributed by atoms with van der Waals surface area (Å²) in [5.74, 6) is 0.649. The van der Waals surface area contributed by atoms with E-state index in [9.17, 15) is 14.9 Å². The number of non-ortho nitro benzene ring substituents is 1. The van der Waals surface area contributed by atoms with Crippen LogP contribution in [0.5, 0.6) is 5.75 Å². The molecule has 7 nitrogen and oxygen atoms in total. The largest absolute Gasteiger partial charge is 0.487 e. The van der Waals surface area contributed by atoms with Crippen LogP contribution < -0.4 is 19.6 Å². The van der Waals surface area contributed by atoms with Gasteiger partial charge in [0.25, 0.3) is 11.2 Å². The number of aromatic nitrogens is 1. The zero-order chi connectivity index (χ0) is 28.0. The Morgan fingerprint density at radius 1 is 1.12 bits per heavy atom. The molecular weight excluding hydrogens is 658 g/mol. The van der Waals surface area contributed by atoms with Crippen molar-refractivity contribution in [1.29, 1.82) is 0 Å². The SMILES string of the molecule is C=CCOc1c(Br)cc(/C=c2\sc3n(c2=O)C(c2cccc([N+](=O)[O-])c2)C2=C(N=3)c3ccccc3CC2)cc1Br. The van der Waals surface area contributed by atoms with Crippen molar-refractivity contribution < 1.29 is 9.66 Å². The van der Waals surface area contributed by atoms with Crippen LogP contribution in [0.25, 0.3) is 11.8 Å². The topological polar surface area (TPSA) is 86.7 Å². The van der Waals surface area contributed by atoms with Gasteiger partial charge in [-0.15, -0.1) is 0 Å². The molecule has 1 aliphatic carbocycles. The Labute approximate surface area is 249 Å². The van der Waals surface area contributed by atoms with E-state index in [0.29, 0.717) is 33.7 Å². The number of ether oxygens (including phenoxy) is 1. The van der Waals surface area contributed by atoms with Crippen molar-refractivity contribution in [3.05, 3.63) is 140 Å². The van der Waals surface area contributed by atoms with Crippen LogP contribution in [0.15, 0.2) is 97.6 Å². The number of hydrogen-bond donors (Lipinski definition) is 0. The average molecular weight is 679 g/mol. The van der Waals surface area contributed by atoms with E-state index in [4.69, 9.17) is 9.73 Å². The number of halogens is 2. The summed E-state index contributed by atoms with van der Waals surface area (Å²) in [6, 6.07) is 18.0. The van der Waals surface area contributed by atoms with Gasteiger partial charge in [0.05, 0.1) is 30.1 Å². The van der Waals surface area contributed by atoms with Gasteiger partial charge in [-0.25, -0.2) is 4.99 Å². The monoisotopic (exact) mass is 677 g/mol. The second kappa shape index (κ2) is 10.8. The highest BCUT2D eigenvalue weighted by molar-refractivity contribution is 9.11. The van der Waals surface area contributed by atoms with Crippen LogP contribution in [0.3, 0.4) is 0 Å². The first-order valence-corrected chi connectivity index (χ1v) is 14.9. The molecule has 0 amide bonds. The van der Waals surface area contributed by atoms with Gasteiger partial charge < -0.3 is 4.74 Å². The van der Waals surface area contributed by atoms with Crippen molar-refractivity contribution in [2.45, 2.75) is 18.9 Å². The van der Waals surface area contributed by atoms with Crippen molar-refractivity contribution >= 4 is 60.7 Å². The lowest BCUT2D eigenvalue weighted by atomic mass is 9.83. The maximum atomic E-state index is 14.0. The number of aryl methyl sites for hydroxylation is 1. The fraction of sp³-hybridized carbons (Fsp3) is 0.133. The van der Waals surface area contributed by atoms with Crippen LogP contribution in [-0.2, 0) is 6.42 Å². The first kappa shape index (κ1) is 26.6. The number of nitro benzene ring substituents is 1. The summed E-state index contributed by atoms with van der Waals surface area (Å²) in [6.07, 6.45) is 5.02. The molecule has 2 heterocycles. The maximum absolute atomic E-state index is 14.0. The summed E-state index contributed by atoms with van der Waals surface area (Å²) in [7, 11) is 0. The van der Waals surface area contributed by atoms with Crippen LogP contribution >= 0.6 is 43.2 Å². The third kappa shape index (κ3) is 4.70. The molecule has 4 aromatic rings. The van der Waals surface area contributed by atoms with E-state index in [1.165, 1.54) is 23.0 Å². The molecule has 0 bridgehead atoms. The van der Waals surface area contributed by atoms with E-state index in [1.807, 2.05) is 36.4 Å². The molecular formula is C30H21Br2N3O4S. The van der Waals surface area contributed by atoms with E-state index in [2.05, 4.69) is 50.6 Å². The Morgan fingerprint density at radius 2 is 1.90 bits per heavy atom. The first-order chi connectivity index (χ1) is 19.4. The van der Waals surface area contributed by atoms with Crippen LogP contribution in [0.2, 0.25) is 0 Å². The van der Waals surface area contributed by atoms with E-state index in [1.54, 1.807) is 22.8 Å². The number of nitro groups is 1.